The SMILES string of the molecule is CCCC(CCCCCNN)NN. The third-order valence-corrected chi connectivity index (χ3v) is 2.25. The number of nitrogens with two attached hydrogens (primary N) is 2. The monoisotopic (exact) mass is 188 g/mol. The molecular weight excluding hydrogens is 164 g/mol. The zero-order chi connectivity index (χ0) is 9.94. The molecule has 0 amide bonds. The Morgan fingerprint density at radius 3 is 2.38 bits per heavy atom. The van der Waals surface area contributed by atoms with Crippen LogP contribution in [0.3, 0.4) is 0 Å². The van der Waals surface area contributed by atoms with Gasteiger partial charge in [0.15, 0.2) is 0 Å². The Kier molecular flexibility index (Phi) is 9.80. The topological polar surface area (TPSA) is 76.1 Å². The Bertz CT molecular complexity index is 97.6. The van der Waals surface area contributed by atoms with Gasteiger partial charge in [0, 0.05) is 12.6 Å². The minimum atomic E-state index is 0.496. The molecule has 4 heteroatoms. The summed E-state index contributed by atoms with van der Waals surface area (Å²) in [7, 11) is 0. The lowest BCUT2D eigenvalue weighted by molar-refractivity contribution is 0.436. The van der Waals surface area contributed by atoms with Crippen LogP contribution in [-0.4, -0.2) is 12.6 Å². The van der Waals surface area contributed by atoms with E-state index in [1.807, 2.05) is 0 Å². The highest BCUT2D eigenvalue weighted by Gasteiger charge is 2.03. The molecule has 0 heterocycles. The normalized spacial score (nSPS) is 13.2. The second-order valence-corrected chi connectivity index (χ2v) is 3.46. The first-order chi connectivity index (χ1) is 6.35. The maximum atomic E-state index is 5.42. The first kappa shape index (κ1) is 12.8. The Labute approximate surface area is 81.4 Å². The highest BCUT2D eigenvalue weighted by molar-refractivity contribution is 4.62. The van der Waals surface area contributed by atoms with Gasteiger partial charge >= 0.3 is 0 Å². The molecule has 0 spiro atoms. The Balaban J connectivity index is 3.17. The van der Waals surface area contributed by atoms with Crippen LogP contribution in [0.2, 0.25) is 0 Å². The quantitative estimate of drug-likeness (QED) is 0.243. The van der Waals surface area contributed by atoms with Gasteiger partial charge in [-0.05, 0) is 19.3 Å². The van der Waals surface area contributed by atoms with E-state index >= 15 is 0 Å². The van der Waals surface area contributed by atoms with Crippen LogP contribution in [0.1, 0.15) is 45.4 Å². The largest absolute Gasteiger partial charge is 0.271 e. The van der Waals surface area contributed by atoms with Gasteiger partial charge < -0.3 is 0 Å². The summed E-state index contributed by atoms with van der Waals surface area (Å²) < 4.78 is 0. The lowest BCUT2D eigenvalue weighted by atomic mass is 10.0. The standard InChI is InChI=1S/C9H24N4/c1-2-6-9(13-11)7-4-3-5-8-12-10/h9,12-13H,2-8,10-11H2,1H3. The van der Waals surface area contributed by atoms with Crippen molar-refractivity contribution in [2.24, 2.45) is 11.7 Å². The maximum Gasteiger partial charge on any atom is 0.0210 e. The summed E-state index contributed by atoms with van der Waals surface area (Å²) >= 11 is 0. The predicted molar refractivity (Wildman–Crippen MR) is 56.7 cm³/mol. The molecule has 0 aliphatic rings. The minimum Gasteiger partial charge on any atom is -0.271 e. The van der Waals surface area contributed by atoms with Crippen molar-refractivity contribution in [3.8, 4) is 0 Å². The second kappa shape index (κ2) is 9.92. The van der Waals surface area contributed by atoms with E-state index in [-0.39, 0.29) is 0 Å². The summed E-state index contributed by atoms with van der Waals surface area (Å²) in [5.41, 5.74) is 5.51. The average Bonchev–Trinajstić information content (AvgIpc) is 2.16. The molecule has 0 aromatic rings. The molecule has 0 aromatic heterocycles. The highest BCUT2D eigenvalue weighted by Crippen LogP contribution is 2.07. The number of hydrazine groups is 2. The van der Waals surface area contributed by atoms with Gasteiger partial charge in [-0.1, -0.05) is 26.2 Å². The van der Waals surface area contributed by atoms with E-state index in [1.165, 1.54) is 32.1 Å². The van der Waals surface area contributed by atoms with Crippen LogP contribution in [0.15, 0.2) is 0 Å². The summed E-state index contributed by atoms with van der Waals surface area (Å²) in [6.07, 6.45) is 7.16. The van der Waals surface area contributed by atoms with Crippen LogP contribution in [-0.2, 0) is 0 Å². The summed E-state index contributed by atoms with van der Waals surface area (Å²) in [5, 5.41) is 0. The molecule has 0 aromatic carbocycles. The molecule has 0 saturated heterocycles. The molecule has 1 unspecified atom stereocenters. The van der Waals surface area contributed by atoms with E-state index in [0.717, 1.165) is 13.0 Å². The Morgan fingerprint density at radius 2 is 1.85 bits per heavy atom. The first-order valence-corrected chi connectivity index (χ1v) is 5.24. The lowest BCUT2D eigenvalue weighted by Gasteiger charge is -2.14. The van der Waals surface area contributed by atoms with Crippen LogP contribution >= 0.6 is 0 Å². The molecule has 1 atom stereocenters. The van der Waals surface area contributed by atoms with Crippen molar-refractivity contribution in [2.75, 3.05) is 6.54 Å². The van der Waals surface area contributed by atoms with Gasteiger partial charge in [0.2, 0.25) is 0 Å². The van der Waals surface area contributed by atoms with E-state index in [4.69, 9.17) is 11.7 Å². The van der Waals surface area contributed by atoms with Crippen LogP contribution in [0.4, 0.5) is 0 Å². The van der Waals surface area contributed by atoms with Gasteiger partial charge in [-0.25, -0.2) is 0 Å². The van der Waals surface area contributed by atoms with Crippen molar-refractivity contribution in [3.63, 3.8) is 0 Å². The third kappa shape index (κ3) is 8.18. The van der Waals surface area contributed by atoms with Gasteiger partial charge in [-0.3, -0.25) is 22.5 Å². The molecule has 0 saturated carbocycles. The molecule has 0 rings (SSSR count). The smallest absolute Gasteiger partial charge is 0.0210 e. The summed E-state index contributed by atoms with van der Waals surface area (Å²) in [6.45, 7) is 3.09. The van der Waals surface area contributed by atoms with Gasteiger partial charge in [0.1, 0.15) is 0 Å². The highest BCUT2D eigenvalue weighted by atomic mass is 15.2. The Hall–Kier alpha value is -0.160. The number of nitrogens with one attached hydrogen (secondary N) is 2. The van der Waals surface area contributed by atoms with Crippen molar-refractivity contribution in [1.82, 2.24) is 10.9 Å². The number of unbranched alkanes of at least 4 members (excludes halogenated alkanes) is 2. The number of hydrogen-bond acceptors (Lipinski definition) is 4. The molecular formula is C9H24N4. The van der Waals surface area contributed by atoms with E-state index in [2.05, 4.69) is 17.8 Å². The molecule has 13 heavy (non-hydrogen) atoms. The molecule has 0 aliphatic heterocycles. The predicted octanol–water partition coefficient (Wildman–Crippen LogP) is 0.642. The fourth-order valence-electron chi connectivity index (χ4n) is 1.45. The summed E-state index contributed by atoms with van der Waals surface area (Å²) in [4.78, 5) is 0. The minimum absolute atomic E-state index is 0.496. The van der Waals surface area contributed by atoms with Gasteiger partial charge in [0.05, 0.1) is 0 Å². The third-order valence-electron chi connectivity index (χ3n) is 2.25. The average molecular weight is 188 g/mol. The van der Waals surface area contributed by atoms with E-state index in [1.54, 1.807) is 0 Å². The number of rotatable bonds is 9. The second-order valence-electron chi connectivity index (χ2n) is 3.46. The van der Waals surface area contributed by atoms with Gasteiger partial charge in [0.25, 0.3) is 0 Å². The van der Waals surface area contributed by atoms with Crippen LogP contribution in [0.25, 0.3) is 0 Å². The zero-order valence-electron chi connectivity index (χ0n) is 8.68. The fraction of sp³-hybridized carbons (Fsp3) is 1.00. The van der Waals surface area contributed by atoms with E-state index in [0.29, 0.717) is 6.04 Å². The van der Waals surface area contributed by atoms with Crippen molar-refractivity contribution >= 4 is 0 Å². The summed E-state index contributed by atoms with van der Waals surface area (Å²) in [6, 6.07) is 0.496. The maximum absolute atomic E-state index is 5.42. The molecule has 0 bridgehead atoms. The van der Waals surface area contributed by atoms with E-state index in [9.17, 15) is 0 Å². The molecule has 6 N–H and O–H groups in total. The van der Waals surface area contributed by atoms with Crippen LogP contribution in [0, 0.1) is 0 Å². The number of hydrogen-bond donors (Lipinski definition) is 4. The molecule has 4 nitrogen and oxygen atoms in total. The Morgan fingerprint density at radius 1 is 1.08 bits per heavy atom. The molecule has 0 radical (unpaired) electrons. The molecule has 0 aliphatic carbocycles. The van der Waals surface area contributed by atoms with Crippen molar-refractivity contribution in [3.05, 3.63) is 0 Å². The van der Waals surface area contributed by atoms with E-state index < -0.39 is 0 Å². The van der Waals surface area contributed by atoms with Crippen molar-refractivity contribution in [2.45, 2.75) is 51.5 Å². The van der Waals surface area contributed by atoms with Crippen molar-refractivity contribution in [1.29, 1.82) is 0 Å². The lowest BCUT2D eigenvalue weighted by Crippen LogP contribution is -2.34. The van der Waals surface area contributed by atoms with Crippen LogP contribution < -0.4 is 22.5 Å². The van der Waals surface area contributed by atoms with Crippen LogP contribution in [0.5, 0.6) is 0 Å². The fourth-order valence-corrected chi connectivity index (χ4v) is 1.45. The molecule has 0 fully saturated rings. The summed E-state index contributed by atoms with van der Waals surface area (Å²) in [5.74, 6) is 10.6. The van der Waals surface area contributed by atoms with Crippen molar-refractivity contribution < 1.29 is 0 Å². The van der Waals surface area contributed by atoms with Gasteiger partial charge in [-0.15, -0.1) is 0 Å². The molecule has 80 valence electrons. The first-order valence-electron chi connectivity index (χ1n) is 5.24. The van der Waals surface area contributed by atoms with Gasteiger partial charge in [-0.2, -0.15) is 0 Å². The zero-order valence-corrected chi connectivity index (χ0v) is 8.68.